The Morgan fingerprint density at radius 3 is 2.00 bits per heavy atom. The van der Waals surface area contributed by atoms with Crippen LogP contribution in [0.25, 0.3) is 10.8 Å². The molecule has 0 spiro atoms. The first-order chi connectivity index (χ1) is 32.6. The summed E-state index contributed by atoms with van der Waals surface area (Å²) in [7, 11) is -3.58. The zero-order valence-corrected chi connectivity index (χ0v) is 45.7. The summed E-state index contributed by atoms with van der Waals surface area (Å²) in [5.74, 6) is -3.10. The van der Waals surface area contributed by atoms with E-state index < -0.39 is 50.4 Å². The van der Waals surface area contributed by atoms with Gasteiger partial charge in [-0.3, -0.25) is 19.4 Å². The number of hydrogen-bond donors (Lipinski definition) is 3. The van der Waals surface area contributed by atoms with Crippen LogP contribution in [0.3, 0.4) is 0 Å². The number of phenols is 1. The predicted octanol–water partition coefficient (Wildman–Crippen LogP) is 4.07. The van der Waals surface area contributed by atoms with Gasteiger partial charge in [0.15, 0.2) is 5.75 Å². The number of hydrogen-bond acceptors (Lipinski definition) is 17. The molecule has 0 aliphatic heterocycles. The average Bonchev–Trinajstić information content (AvgIpc) is 3.31. The van der Waals surface area contributed by atoms with Crippen molar-refractivity contribution < 1.29 is 125 Å². The molecule has 0 aliphatic carbocycles. The van der Waals surface area contributed by atoms with Gasteiger partial charge in [0.25, 0.3) is 5.91 Å². The van der Waals surface area contributed by atoms with Crippen LogP contribution < -0.4 is 84.5 Å². The number of amides is 2. The van der Waals surface area contributed by atoms with Crippen LogP contribution in [0.4, 0.5) is 22.7 Å². The second-order valence-electron chi connectivity index (χ2n) is 15.3. The van der Waals surface area contributed by atoms with Crippen molar-refractivity contribution in [3.05, 3.63) is 101 Å². The van der Waals surface area contributed by atoms with Crippen LogP contribution in [0.2, 0.25) is 5.02 Å². The van der Waals surface area contributed by atoms with E-state index in [0.717, 1.165) is 38.3 Å². The molecule has 0 saturated carbocycles. The molecule has 0 heterocycles. The molecule has 1 atom stereocenters. The number of aromatic hydroxyl groups is 1. The number of fused-ring (bicyclic) bond motifs is 1. The van der Waals surface area contributed by atoms with Crippen LogP contribution in [0.1, 0.15) is 98.8 Å². The van der Waals surface area contributed by atoms with Crippen LogP contribution in [0.15, 0.2) is 105 Å². The fourth-order valence-corrected chi connectivity index (χ4v) is 8.05. The Balaban J connectivity index is 0.00000648. The molecule has 2 amide bonds. The van der Waals surface area contributed by atoms with Crippen molar-refractivity contribution in [3.63, 3.8) is 0 Å². The molecule has 5 aromatic carbocycles. The van der Waals surface area contributed by atoms with E-state index in [4.69, 9.17) is 25.8 Å². The summed E-state index contributed by atoms with van der Waals surface area (Å²) in [5, 5.41) is 38.6. The van der Waals surface area contributed by atoms with Crippen molar-refractivity contribution in [3.8, 4) is 17.2 Å². The summed E-state index contributed by atoms with van der Waals surface area (Å²) >= 11 is 6.74. The van der Waals surface area contributed by atoms with E-state index in [1.807, 2.05) is 0 Å². The number of halogens is 1. The molecule has 23 heteroatoms. The Bertz CT molecular complexity index is 2720. The number of carbonyl (C=O) groups excluding carboxylic acids is 4. The number of methoxy groups -OCH3 is 1. The molecular formula is C47H49ClN4Na2O14S2. The number of nitrogens with one attached hydrogen (secondary N) is 2. The molecule has 0 saturated heterocycles. The number of benzene rings is 5. The molecule has 70 heavy (non-hydrogen) atoms. The number of rotatable bonds is 26. The standard InChI is InChI=1S/C47H51ClN4O14S2.2Na/c1-4-5-6-7-8-9-10-11-12-13-24-63-47(57)31-16-23-37(48)38(26-31)50-46(56)45(43(54)30-14-19-34(62-3)20-15-30)64-35-21-17-33(18-22-35)51-52-42-40(67-66-65-58)27-32-25-36(68(59,60)61)28-39(49-29(2)53)41(32)44(42)55;;/h14-23,25-28,45,55,58H,4-13,24H2,1-3H3,(H,49,53)(H,50,56)(H,59,60,61);;/q;2*+1/p-2. The van der Waals surface area contributed by atoms with Gasteiger partial charge < -0.3 is 39.8 Å². The van der Waals surface area contributed by atoms with Crippen LogP contribution in [-0.2, 0) is 33.8 Å². The number of unbranched alkanes of at least 4 members (excludes halogenated alkanes) is 9. The zero-order chi connectivity index (χ0) is 49.2. The van der Waals surface area contributed by atoms with E-state index in [1.54, 1.807) is 0 Å². The summed E-state index contributed by atoms with van der Waals surface area (Å²) in [5.41, 5.74) is -0.168. The van der Waals surface area contributed by atoms with Gasteiger partial charge in [0, 0.05) is 17.9 Å². The summed E-state index contributed by atoms with van der Waals surface area (Å²) in [4.78, 5) is 52.0. The fraction of sp³-hybridized carbons (Fsp3) is 0.319. The number of ether oxygens (including phenoxy) is 3. The zero-order valence-electron chi connectivity index (χ0n) is 39.3. The summed E-state index contributed by atoms with van der Waals surface area (Å²) < 4.78 is 56.8. The maximum absolute atomic E-state index is 14.0. The van der Waals surface area contributed by atoms with E-state index in [9.17, 15) is 42.5 Å². The number of carbonyl (C=O) groups is 4. The summed E-state index contributed by atoms with van der Waals surface area (Å²) in [6, 6.07) is 18.8. The second kappa shape index (κ2) is 30.0. The fourth-order valence-electron chi connectivity index (χ4n) is 6.86. The number of azo groups is 1. The van der Waals surface area contributed by atoms with Gasteiger partial charge in [0.2, 0.25) is 17.8 Å². The number of anilines is 2. The third kappa shape index (κ3) is 17.9. The molecule has 3 N–H and O–H groups in total. The molecule has 18 nitrogen and oxygen atoms in total. The van der Waals surface area contributed by atoms with Crippen molar-refractivity contribution in [1.29, 1.82) is 0 Å². The smallest absolute Gasteiger partial charge is 0.744 e. The predicted molar refractivity (Wildman–Crippen MR) is 250 cm³/mol. The van der Waals surface area contributed by atoms with E-state index in [2.05, 4.69) is 37.2 Å². The minimum Gasteiger partial charge on any atom is -0.744 e. The van der Waals surface area contributed by atoms with E-state index >= 15 is 0 Å². The SMILES string of the molecule is CCCCCCCCCCCCOC(=O)c1ccc(Cl)c(NC(=O)C(Oc2ccc(N=Nc3c(SOO[O-])cc4cc(S(=O)(=O)[O-])cc(NC(C)=O)c4c3O)cc2)C(=O)c2ccc(OC)cc2)c1.[Na+].[Na+]. The topological polar surface area (TPSA) is 264 Å². The molecule has 0 aromatic heterocycles. The monoisotopic (exact) mass is 1040 g/mol. The molecule has 0 bridgehead atoms. The number of ketones is 1. The van der Waals surface area contributed by atoms with E-state index in [1.165, 1.54) is 118 Å². The quantitative estimate of drug-likeness (QED) is 0.00674. The van der Waals surface area contributed by atoms with Gasteiger partial charge in [0.05, 0.1) is 63.2 Å². The van der Waals surface area contributed by atoms with E-state index in [0.29, 0.717) is 12.2 Å². The number of Topliss-reactive ketones (excluding diaryl/α,β-unsaturated/α-hetero) is 1. The maximum atomic E-state index is 14.0. The molecule has 0 aliphatic rings. The molecular weight excluding hydrogens is 990 g/mol. The van der Waals surface area contributed by atoms with Crippen LogP contribution >= 0.6 is 23.6 Å². The van der Waals surface area contributed by atoms with E-state index in [-0.39, 0.29) is 138 Å². The van der Waals surface area contributed by atoms with Crippen molar-refractivity contribution in [2.45, 2.75) is 94.0 Å². The first-order valence-electron chi connectivity index (χ1n) is 21.5. The molecule has 362 valence electrons. The van der Waals surface area contributed by atoms with Gasteiger partial charge in [-0.25, -0.2) is 13.2 Å². The van der Waals surface area contributed by atoms with Crippen LogP contribution in [0.5, 0.6) is 17.2 Å². The maximum Gasteiger partial charge on any atom is 1.00 e. The third-order valence-electron chi connectivity index (χ3n) is 10.3. The van der Waals surface area contributed by atoms with Gasteiger partial charge in [0.1, 0.15) is 27.3 Å². The van der Waals surface area contributed by atoms with Crippen molar-refractivity contribution >= 4 is 90.9 Å². The number of phenolic OH excluding ortho intramolecular Hbond substituents is 1. The van der Waals surface area contributed by atoms with Crippen LogP contribution in [-0.4, -0.2) is 61.5 Å². The third-order valence-corrected chi connectivity index (χ3v) is 12.0. The first kappa shape index (κ1) is 60.2. The van der Waals surface area contributed by atoms with Gasteiger partial charge in [-0.15, -0.1) is 5.11 Å². The molecule has 0 radical (unpaired) electrons. The second-order valence-corrected chi connectivity index (χ2v) is 17.8. The van der Waals surface area contributed by atoms with Gasteiger partial charge in [-0.2, -0.15) is 9.45 Å². The Labute approximate surface area is 459 Å². The normalized spacial score (nSPS) is 11.6. The molecule has 0 fully saturated rings. The summed E-state index contributed by atoms with van der Waals surface area (Å²) in [6.07, 6.45) is 9.50. The van der Waals surface area contributed by atoms with Gasteiger partial charge >= 0.3 is 65.1 Å². The number of nitrogens with zero attached hydrogens (tertiary/aromatic N) is 2. The first-order valence-corrected chi connectivity index (χ1v) is 24.0. The molecule has 5 rings (SSSR count). The van der Waals surface area contributed by atoms with Gasteiger partial charge in [-0.1, -0.05) is 76.3 Å². The summed E-state index contributed by atoms with van der Waals surface area (Å²) in [6.45, 7) is 3.55. The van der Waals surface area contributed by atoms with Crippen molar-refractivity contribution in [2.24, 2.45) is 10.2 Å². The number of esters is 1. The molecule has 1 unspecified atom stereocenters. The largest absolute Gasteiger partial charge is 1.00 e. The van der Waals surface area contributed by atoms with Gasteiger partial charge in [-0.05, 0) is 96.7 Å². The van der Waals surface area contributed by atoms with Crippen LogP contribution in [0, 0.1) is 0 Å². The van der Waals surface area contributed by atoms with Crippen molar-refractivity contribution in [1.82, 2.24) is 0 Å². The Kier molecular flexibility index (Phi) is 25.8. The Morgan fingerprint density at radius 1 is 0.786 bits per heavy atom. The Hall–Kier alpha value is -4.13. The average molecular weight is 1040 g/mol. The van der Waals surface area contributed by atoms with Crippen molar-refractivity contribution in [2.75, 3.05) is 24.4 Å². The minimum absolute atomic E-state index is 0. The molecule has 5 aromatic rings. The minimum atomic E-state index is -5.03. The Morgan fingerprint density at radius 2 is 1.40 bits per heavy atom.